The van der Waals surface area contributed by atoms with Crippen molar-refractivity contribution >= 4 is 17.6 Å². The summed E-state index contributed by atoms with van der Waals surface area (Å²) in [5.74, 6) is 0.309. The molecule has 1 aliphatic heterocycles. The van der Waals surface area contributed by atoms with Gasteiger partial charge in [0.15, 0.2) is 0 Å². The number of aromatic nitrogens is 3. The number of anilines is 1. The van der Waals surface area contributed by atoms with Gasteiger partial charge in [-0.15, -0.1) is 0 Å². The van der Waals surface area contributed by atoms with Gasteiger partial charge in [0.1, 0.15) is 11.5 Å². The average Bonchev–Trinajstić information content (AvgIpc) is 3.06. The Balaban J connectivity index is 1.65. The summed E-state index contributed by atoms with van der Waals surface area (Å²) in [6, 6.07) is 5.49. The highest BCUT2D eigenvalue weighted by Crippen LogP contribution is 2.24. The Labute approximate surface area is 145 Å². The predicted octanol–water partition coefficient (Wildman–Crippen LogP) is 0.745. The predicted molar refractivity (Wildman–Crippen MR) is 92.9 cm³/mol. The highest BCUT2D eigenvalue weighted by atomic mass is 16.2. The lowest BCUT2D eigenvalue weighted by Crippen LogP contribution is -2.39. The van der Waals surface area contributed by atoms with E-state index in [-0.39, 0.29) is 17.7 Å². The highest BCUT2D eigenvalue weighted by Gasteiger charge is 2.25. The quantitative estimate of drug-likeness (QED) is 0.741. The van der Waals surface area contributed by atoms with E-state index in [1.807, 2.05) is 19.1 Å². The molecule has 3 heterocycles. The number of nitrogens with zero attached hydrogens (tertiary/aromatic N) is 3. The van der Waals surface area contributed by atoms with Gasteiger partial charge in [0.25, 0.3) is 5.91 Å². The number of carbonyl (C=O) groups excluding carboxylic acids is 2. The molecule has 0 unspecified atom stereocenters. The highest BCUT2D eigenvalue weighted by molar-refractivity contribution is 5.92. The number of hydrogen-bond donors (Lipinski definition) is 3. The van der Waals surface area contributed by atoms with Gasteiger partial charge in [0, 0.05) is 43.0 Å². The molecule has 0 aromatic carbocycles. The van der Waals surface area contributed by atoms with Crippen LogP contribution in [0, 0.1) is 12.8 Å². The van der Waals surface area contributed by atoms with Crippen molar-refractivity contribution in [2.75, 3.05) is 18.0 Å². The number of nitrogens with two attached hydrogens (primary N) is 1. The SMILES string of the molecule is Cc1cc(C(=O)NCc2cccnc2N2CCC(C(N)=O)CC2)n[nH]1. The number of hydrogen-bond acceptors (Lipinski definition) is 5. The number of aryl methyl sites for hydroxylation is 1. The summed E-state index contributed by atoms with van der Waals surface area (Å²) < 4.78 is 0. The minimum Gasteiger partial charge on any atom is -0.369 e. The van der Waals surface area contributed by atoms with Gasteiger partial charge < -0.3 is 16.0 Å². The molecule has 0 aliphatic carbocycles. The molecule has 0 spiro atoms. The topological polar surface area (TPSA) is 117 Å². The first kappa shape index (κ1) is 16.9. The molecule has 1 aliphatic rings. The van der Waals surface area contributed by atoms with Crippen molar-refractivity contribution in [2.24, 2.45) is 11.7 Å². The number of carbonyl (C=O) groups is 2. The molecule has 2 amide bonds. The fourth-order valence-corrected chi connectivity index (χ4v) is 3.03. The van der Waals surface area contributed by atoms with Gasteiger partial charge >= 0.3 is 0 Å². The first-order chi connectivity index (χ1) is 12.0. The number of nitrogens with one attached hydrogen (secondary N) is 2. The minimum absolute atomic E-state index is 0.0639. The Morgan fingerprint density at radius 3 is 2.80 bits per heavy atom. The van der Waals surface area contributed by atoms with Crippen LogP contribution >= 0.6 is 0 Å². The molecule has 0 radical (unpaired) electrons. The maximum atomic E-state index is 12.2. The van der Waals surface area contributed by atoms with E-state index in [0.717, 1.165) is 43.0 Å². The molecule has 8 nitrogen and oxygen atoms in total. The first-order valence-corrected chi connectivity index (χ1v) is 8.33. The monoisotopic (exact) mass is 342 g/mol. The van der Waals surface area contributed by atoms with Gasteiger partial charge in [-0.25, -0.2) is 4.98 Å². The zero-order valence-electron chi connectivity index (χ0n) is 14.2. The van der Waals surface area contributed by atoms with E-state index in [1.54, 1.807) is 12.3 Å². The summed E-state index contributed by atoms with van der Waals surface area (Å²) in [5.41, 5.74) is 7.52. The number of primary amides is 1. The maximum Gasteiger partial charge on any atom is 0.272 e. The van der Waals surface area contributed by atoms with Crippen molar-refractivity contribution in [3.8, 4) is 0 Å². The van der Waals surface area contributed by atoms with Gasteiger partial charge in [-0.3, -0.25) is 14.7 Å². The molecule has 25 heavy (non-hydrogen) atoms. The van der Waals surface area contributed by atoms with Crippen LogP contribution in [-0.4, -0.2) is 40.1 Å². The van der Waals surface area contributed by atoms with Gasteiger partial charge in [-0.1, -0.05) is 6.07 Å². The Kier molecular flexibility index (Phi) is 4.97. The molecule has 1 fully saturated rings. The minimum atomic E-state index is -0.234. The Morgan fingerprint density at radius 2 is 2.16 bits per heavy atom. The van der Waals surface area contributed by atoms with Crippen LogP contribution in [0.25, 0.3) is 0 Å². The second kappa shape index (κ2) is 7.33. The van der Waals surface area contributed by atoms with Crippen LogP contribution in [0.4, 0.5) is 5.82 Å². The molecule has 2 aromatic rings. The fraction of sp³-hybridized carbons (Fsp3) is 0.412. The smallest absolute Gasteiger partial charge is 0.272 e. The van der Waals surface area contributed by atoms with Gasteiger partial charge in [0.05, 0.1) is 0 Å². The second-order valence-electron chi connectivity index (χ2n) is 6.27. The van der Waals surface area contributed by atoms with Crippen molar-refractivity contribution in [1.29, 1.82) is 0 Å². The zero-order chi connectivity index (χ0) is 17.8. The second-order valence-corrected chi connectivity index (χ2v) is 6.27. The number of H-pyrrole nitrogens is 1. The van der Waals surface area contributed by atoms with E-state index >= 15 is 0 Å². The van der Waals surface area contributed by atoms with Crippen LogP contribution in [0.5, 0.6) is 0 Å². The molecule has 0 bridgehead atoms. The first-order valence-electron chi connectivity index (χ1n) is 8.33. The number of aromatic amines is 1. The van der Waals surface area contributed by atoms with E-state index in [2.05, 4.69) is 25.4 Å². The van der Waals surface area contributed by atoms with Crippen LogP contribution in [0.1, 0.15) is 34.6 Å². The van der Waals surface area contributed by atoms with Crippen LogP contribution in [0.3, 0.4) is 0 Å². The summed E-state index contributed by atoms with van der Waals surface area (Å²) in [5, 5.41) is 9.59. The molecule has 4 N–H and O–H groups in total. The maximum absolute atomic E-state index is 12.2. The van der Waals surface area contributed by atoms with E-state index in [4.69, 9.17) is 5.73 Å². The molecule has 0 atom stereocenters. The third-order valence-electron chi connectivity index (χ3n) is 4.44. The van der Waals surface area contributed by atoms with Crippen molar-refractivity contribution < 1.29 is 9.59 Å². The largest absolute Gasteiger partial charge is 0.369 e. The van der Waals surface area contributed by atoms with Crippen molar-refractivity contribution in [3.05, 3.63) is 41.3 Å². The zero-order valence-corrected chi connectivity index (χ0v) is 14.2. The molecule has 1 saturated heterocycles. The summed E-state index contributed by atoms with van der Waals surface area (Å²) in [7, 11) is 0. The van der Waals surface area contributed by atoms with Crippen LogP contribution in [-0.2, 0) is 11.3 Å². The van der Waals surface area contributed by atoms with Gasteiger partial charge in [-0.2, -0.15) is 5.10 Å². The number of rotatable bonds is 5. The molecule has 132 valence electrons. The van der Waals surface area contributed by atoms with Gasteiger partial charge in [0.2, 0.25) is 5.91 Å². The number of piperidine rings is 1. The number of amides is 2. The van der Waals surface area contributed by atoms with Crippen LogP contribution < -0.4 is 16.0 Å². The third-order valence-corrected chi connectivity index (χ3v) is 4.44. The van der Waals surface area contributed by atoms with E-state index in [9.17, 15) is 9.59 Å². The lowest BCUT2D eigenvalue weighted by Gasteiger charge is -2.32. The van der Waals surface area contributed by atoms with Crippen molar-refractivity contribution in [1.82, 2.24) is 20.5 Å². The summed E-state index contributed by atoms with van der Waals surface area (Å²) in [4.78, 5) is 30.1. The average molecular weight is 342 g/mol. The molecular formula is C17H22N6O2. The molecule has 2 aromatic heterocycles. The van der Waals surface area contributed by atoms with E-state index < -0.39 is 0 Å². The Bertz CT molecular complexity index is 764. The summed E-state index contributed by atoms with van der Waals surface area (Å²) in [6.07, 6.45) is 3.19. The lowest BCUT2D eigenvalue weighted by atomic mass is 9.96. The van der Waals surface area contributed by atoms with Crippen LogP contribution in [0.15, 0.2) is 24.4 Å². The summed E-state index contributed by atoms with van der Waals surface area (Å²) in [6.45, 7) is 3.66. The standard InChI is InChI=1S/C17H22N6O2/c1-11-9-14(22-21-11)17(25)20-10-13-3-2-6-19-16(13)23-7-4-12(5-8-23)15(18)24/h2-3,6,9,12H,4-5,7-8,10H2,1H3,(H2,18,24)(H,20,25)(H,21,22). The molecular weight excluding hydrogens is 320 g/mol. The molecule has 3 rings (SSSR count). The Morgan fingerprint density at radius 1 is 1.40 bits per heavy atom. The van der Waals surface area contributed by atoms with E-state index in [0.29, 0.717) is 12.2 Å². The fourth-order valence-electron chi connectivity index (χ4n) is 3.03. The summed E-state index contributed by atoms with van der Waals surface area (Å²) >= 11 is 0. The van der Waals surface area contributed by atoms with Crippen molar-refractivity contribution in [3.63, 3.8) is 0 Å². The third kappa shape index (κ3) is 3.96. The lowest BCUT2D eigenvalue weighted by molar-refractivity contribution is -0.122. The van der Waals surface area contributed by atoms with Crippen LogP contribution in [0.2, 0.25) is 0 Å². The van der Waals surface area contributed by atoms with Gasteiger partial charge in [-0.05, 0) is 31.9 Å². The molecule has 0 saturated carbocycles. The van der Waals surface area contributed by atoms with E-state index in [1.165, 1.54) is 0 Å². The normalized spacial score (nSPS) is 15.2. The van der Waals surface area contributed by atoms with Crippen molar-refractivity contribution in [2.45, 2.75) is 26.3 Å². The Hall–Kier alpha value is -2.90. The molecule has 8 heteroatoms. The number of pyridine rings is 1.